The monoisotopic (exact) mass is 402 g/mol. The van der Waals surface area contributed by atoms with E-state index >= 15 is 0 Å². The summed E-state index contributed by atoms with van der Waals surface area (Å²) in [5.41, 5.74) is 0.906. The highest BCUT2D eigenvalue weighted by atomic mass is 19.4. The third-order valence-electron chi connectivity index (χ3n) is 4.86. The van der Waals surface area contributed by atoms with Gasteiger partial charge in [-0.25, -0.2) is 4.99 Å². The van der Waals surface area contributed by atoms with Crippen LogP contribution in [-0.4, -0.2) is 74.9 Å². The van der Waals surface area contributed by atoms with Crippen LogP contribution in [0, 0.1) is 0 Å². The molecule has 6 nitrogen and oxygen atoms in total. The van der Waals surface area contributed by atoms with Crippen molar-refractivity contribution in [1.29, 1.82) is 0 Å². The van der Waals surface area contributed by atoms with Crippen molar-refractivity contribution in [2.45, 2.75) is 32.6 Å². The molecule has 158 valence electrons. The maximum absolute atomic E-state index is 12.9. The Morgan fingerprint density at radius 3 is 2.39 bits per heavy atom. The molecular weight excluding hydrogens is 373 g/mol. The molecule has 1 aromatic rings. The Kier molecular flexibility index (Phi) is 7.79. The van der Waals surface area contributed by atoms with Crippen molar-refractivity contribution in [2.75, 3.05) is 46.9 Å². The predicted molar refractivity (Wildman–Crippen MR) is 103 cm³/mol. The minimum Gasteiger partial charge on any atom is -0.497 e. The third kappa shape index (κ3) is 5.67. The number of piperazine rings is 1. The normalized spacial score (nSPS) is 17.4. The lowest BCUT2D eigenvalue weighted by atomic mass is 10.2. The summed E-state index contributed by atoms with van der Waals surface area (Å²) in [7, 11) is 3.18. The molecule has 1 N–H and O–H groups in total. The summed E-state index contributed by atoms with van der Waals surface area (Å²) < 4.78 is 49.4. The van der Waals surface area contributed by atoms with E-state index in [9.17, 15) is 13.2 Å². The van der Waals surface area contributed by atoms with Crippen LogP contribution in [0.3, 0.4) is 0 Å². The summed E-state index contributed by atoms with van der Waals surface area (Å²) >= 11 is 0. The average molecular weight is 402 g/mol. The first-order valence-electron chi connectivity index (χ1n) is 9.35. The molecule has 1 unspecified atom stereocenters. The highest BCUT2D eigenvalue weighted by Gasteiger charge is 2.41. The Morgan fingerprint density at radius 2 is 1.86 bits per heavy atom. The fourth-order valence-corrected chi connectivity index (χ4v) is 3.10. The highest BCUT2D eigenvalue weighted by Crippen LogP contribution is 2.26. The van der Waals surface area contributed by atoms with E-state index in [1.54, 1.807) is 20.3 Å². The SMILES string of the molecule is CCNC(=NCc1ccc(OC)cc1OC)N1CCN(C(C)C(F)(F)F)CC1. The number of rotatable bonds is 6. The van der Waals surface area contributed by atoms with Crippen molar-refractivity contribution < 1.29 is 22.6 Å². The molecule has 1 aromatic carbocycles. The number of nitrogens with one attached hydrogen (secondary N) is 1. The molecule has 0 aliphatic carbocycles. The van der Waals surface area contributed by atoms with Gasteiger partial charge in [-0.3, -0.25) is 4.90 Å². The van der Waals surface area contributed by atoms with Gasteiger partial charge in [-0.1, -0.05) is 0 Å². The van der Waals surface area contributed by atoms with Crippen LogP contribution in [0.4, 0.5) is 13.2 Å². The van der Waals surface area contributed by atoms with E-state index in [0.717, 1.165) is 5.56 Å². The molecule has 9 heteroatoms. The van der Waals surface area contributed by atoms with E-state index in [2.05, 4.69) is 10.3 Å². The van der Waals surface area contributed by atoms with E-state index in [0.29, 0.717) is 56.7 Å². The largest absolute Gasteiger partial charge is 0.497 e. The number of hydrogen-bond donors (Lipinski definition) is 1. The molecule has 1 aliphatic heterocycles. The van der Waals surface area contributed by atoms with E-state index in [-0.39, 0.29) is 0 Å². The quantitative estimate of drug-likeness (QED) is 0.586. The van der Waals surface area contributed by atoms with Gasteiger partial charge in [0.1, 0.15) is 17.5 Å². The van der Waals surface area contributed by atoms with E-state index < -0.39 is 12.2 Å². The van der Waals surface area contributed by atoms with E-state index in [1.165, 1.54) is 11.8 Å². The van der Waals surface area contributed by atoms with Crippen molar-refractivity contribution in [2.24, 2.45) is 4.99 Å². The molecule has 2 rings (SSSR count). The second-order valence-electron chi connectivity index (χ2n) is 6.59. The molecule has 0 spiro atoms. The van der Waals surface area contributed by atoms with Crippen LogP contribution in [0.5, 0.6) is 11.5 Å². The van der Waals surface area contributed by atoms with E-state index in [1.807, 2.05) is 24.0 Å². The van der Waals surface area contributed by atoms with Crippen LogP contribution in [0.25, 0.3) is 0 Å². The van der Waals surface area contributed by atoms with Gasteiger partial charge in [0, 0.05) is 44.4 Å². The van der Waals surface area contributed by atoms with Gasteiger partial charge in [-0.05, 0) is 26.0 Å². The van der Waals surface area contributed by atoms with Crippen LogP contribution in [-0.2, 0) is 6.54 Å². The Balaban J connectivity index is 2.06. The third-order valence-corrected chi connectivity index (χ3v) is 4.86. The lowest BCUT2D eigenvalue weighted by molar-refractivity contribution is -0.181. The van der Waals surface area contributed by atoms with Crippen LogP contribution in [0.15, 0.2) is 23.2 Å². The Bertz CT molecular complexity index is 659. The fraction of sp³-hybridized carbons (Fsp3) is 0.632. The fourth-order valence-electron chi connectivity index (χ4n) is 3.10. The molecule has 1 heterocycles. The first-order valence-corrected chi connectivity index (χ1v) is 9.35. The standard InChI is InChI=1S/C19H29F3N4O2/c1-5-23-18(24-13-15-6-7-16(27-3)12-17(15)28-4)26-10-8-25(9-11-26)14(2)19(20,21)22/h6-7,12,14H,5,8-11,13H2,1-4H3,(H,23,24). The predicted octanol–water partition coefficient (Wildman–Crippen LogP) is 2.74. The van der Waals surface area contributed by atoms with Crippen molar-refractivity contribution >= 4 is 5.96 Å². The Hall–Kier alpha value is -2.16. The summed E-state index contributed by atoms with van der Waals surface area (Å²) in [6.07, 6.45) is -4.20. The van der Waals surface area contributed by atoms with Gasteiger partial charge in [0.15, 0.2) is 5.96 Å². The zero-order chi connectivity index (χ0) is 20.7. The second kappa shape index (κ2) is 9.86. The topological polar surface area (TPSA) is 49.3 Å². The first-order chi connectivity index (χ1) is 13.3. The molecule has 1 saturated heterocycles. The number of ether oxygens (including phenoxy) is 2. The summed E-state index contributed by atoms with van der Waals surface area (Å²) in [6, 6.07) is 4.11. The van der Waals surface area contributed by atoms with Gasteiger partial charge in [0.2, 0.25) is 0 Å². The average Bonchev–Trinajstić information content (AvgIpc) is 2.69. The zero-order valence-electron chi connectivity index (χ0n) is 16.8. The van der Waals surface area contributed by atoms with Gasteiger partial charge in [-0.2, -0.15) is 13.2 Å². The Labute approximate surface area is 164 Å². The number of benzene rings is 1. The van der Waals surface area contributed by atoms with Gasteiger partial charge >= 0.3 is 6.18 Å². The van der Waals surface area contributed by atoms with Crippen molar-refractivity contribution in [3.8, 4) is 11.5 Å². The van der Waals surface area contributed by atoms with Gasteiger partial charge in [0.05, 0.1) is 20.8 Å². The molecule has 1 atom stereocenters. The second-order valence-corrected chi connectivity index (χ2v) is 6.59. The summed E-state index contributed by atoms with van der Waals surface area (Å²) in [4.78, 5) is 8.12. The molecule has 0 saturated carbocycles. The van der Waals surface area contributed by atoms with Crippen molar-refractivity contribution in [1.82, 2.24) is 15.1 Å². The Morgan fingerprint density at radius 1 is 1.18 bits per heavy atom. The molecule has 0 aromatic heterocycles. The lowest BCUT2D eigenvalue weighted by Crippen LogP contribution is -2.56. The van der Waals surface area contributed by atoms with Crippen molar-refractivity contribution in [3.63, 3.8) is 0 Å². The van der Waals surface area contributed by atoms with Crippen LogP contribution < -0.4 is 14.8 Å². The highest BCUT2D eigenvalue weighted by molar-refractivity contribution is 5.80. The summed E-state index contributed by atoms with van der Waals surface area (Å²) in [5, 5.41) is 3.23. The molecule has 0 radical (unpaired) electrons. The van der Waals surface area contributed by atoms with Crippen LogP contribution in [0.2, 0.25) is 0 Å². The summed E-state index contributed by atoms with van der Waals surface area (Å²) in [6.45, 7) is 5.93. The maximum Gasteiger partial charge on any atom is 0.403 e. The molecule has 1 fully saturated rings. The molecule has 0 amide bonds. The smallest absolute Gasteiger partial charge is 0.403 e. The first kappa shape index (κ1) is 22.1. The number of aliphatic imine (C=N–C) groups is 1. The number of hydrogen-bond acceptors (Lipinski definition) is 4. The zero-order valence-corrected chi connectivity index (χ0v) is 16.8. The summed E-state index contributed by atoms with van der Waals surface area (Å²) in [5.74, 6) is 2.08. The van der Waals surface area contributed by atoms with Crippen LogP contribution >= 0.6 is 0 Å². The van der Waals surface area contributed by atoms with Gasteiger partial charge < -0.3 is 19.7 Å². The molecular formula is C19H29F3N4O2. The number of alkyl halides is 3. The minimum atomic E-state index is -4.20. The minimum absolute atomic E-state index is 0.344. The van der Waals surface area contributed by atoms with Crippen LogP contribution in [0.1, 0.15) is 19.4 Å². The molecule has 28 heavy (non-hydrogen) atoms. The molecule has 1 aliphatic rings. The van der Waals surface area contributed by atoms with Crippen molar-refractivity contribution in [3.05, 3.63) is 23.8 Å². The number of halogens is 3. The number of methoxy groups -OCH3 is 2. The lowest BCUT2D eigenvalue weighted by Gasteiger charge is -2.39. The van der Waals surface area contributed by atoms with Gasteiger partial charge in [-0.15, -0.1) is 0 Å². The van der Waals surface area contributed by atoms with Gasteiger partial charge in [0.25, 0.3) is 0 Å². The molecule has 0 bridgehead atoms. The number of nitrogens with zero attached hydrogens (tertiary/aromatic N) is 3. The maximum atomic E-state index is 12.9. The van der Waals surface area contributed by atoms with E-state index in [4.69, 9.17) is 9.47 Å². The number of guanidine groups is 1.